The van der Waals surface area contributed by atoms with Crippen molar-refractivity contribution in [1.29, 1.82) is 0 Å². The van der Waals surface area contributed by atoms with Crippen LogP contribution in [0.5, 0.6) is 17.2 Å². The lowest BCUT2D eigenvalue weighted by molar-refractivity contribution is -0.128. The summed E-state index contributed by atoms with van der Waals surface area (Å²) in [5, 5.41) is 0. The summed E-state index contributed by atoms with van der Waals surface area (Å²) >= 11 is 0. The molecule has 0 bridgehead atoms. The molecule has 4 nitrogen and oxygen atoms in total. The number of ether oxygens (including phenoxy) is 3. The van der Waals surface area contributed by atoms with Gasteiger partial charge in [0.25, 0.3) is 0 Å². The topological polar surface area (TPSA) is 44.8 Å². The fourth-order valence-corrected chi connectivity index (χ4v) is 2.42. The molecule has 0 saturated heterocycles. The van der Waals surface area contributed by atoms with E-state index in [1.54, 1.807) is 25.3 Å². The van der Waals surface area contributed by atoms with Gasteiger partial charge in [-0.25, -0.2) is 4.79 Å². The first kappa shape index (κ1) is 20.6. The largest absolute Gasteiger partial charge is 0.493 e. The zero-order valence-electron chi connectivity index (χ0n) is 16.5. The van der Waals surface area contributed by atoms with Crippen LogP contribution in [0.4, 0.5) is 0 Å². The third-order valence-electron chi connectivity index (χ3n) is 4.10. The van der Waals surface area contributed by atoms with Gasteiger partial charge in [-0.1, -0.05) is 39.0 Å². The van der Waals surface area contributed by atoms with Crippen LogP contribution in [-0.2, 0) is 11.2 Å². The van der Waals surface area contributed by atoms with Crippen molar-refractivity contribution in [2.75, 3.05) is 13.7 Å². The molecule has 2 aromatic carbocycles. The second-order valence-corrected chi connectivity index (χ2v) is 6.69. The van der Waals surface area contributed by atoms with Gasteiger partial charge in [-0.15, -0.1) is 0 Å². The molecule has 0 amide bonds. The number of benzene rings is 2. The Balaban J connectivity index is 1.97. The van der Waals surface area contributed by atoms with Crippen molar-refractivity contribution in [1.82, 2.24) is 0 Å². The Hall–Kier alpha value is -2.75. The predicted octanol–water partition coefficient (Wildman–Crippen LogP) is 5.30. The summed E-state index contributed by atoms with van der Waals surface area (Å²) in [6.07, 6.45) is 5.04. The SMILES string of the molecule is CCc1ccc(OC(=O)/C=C/c2ccc(OCCC(C)C)c(OC)c2)cc1. The molecule has 2 aromatic rings. The summed E-state index contributed by atoms with van der Waals surface area (Å²) in [7, 11) is 1.60. The molecule has 27 heavy (non-hydrogen) atoms. The van der Waals surface area contributed by atoms with Gasteiger partial charge in [0.1, 0.15) is 5.75 Å². The highest BCUT2D eigenvalue weighted by atomic mass is 16.5. The van der Waals surface area contributed by atoms with Crippen molar-refractivity contribution in [3.63, 3.8) is 0 Å². The van der Waals surface area contributed by atoms with Crippen molar-refractivity contribution < 1.29 is 19.0 Å². The second kappa shape index (κ2) is 10.4. The Morgan fingerprint density at radius 2 is 1.81 bits per heavy atom. The first-order valence-electron chi connectivity index (χ1n) is 9.31. The number of methoxy groups -OCH3 is 1. The van der Waals surface area contributed by atoms with Crippen molar-refractivity contribution in [3.05, 3.63) is 59.7 Å². The van der Waals surface area contributed by atoms with E-state index in [1.807, 2.05) is 30.3 Å². The lowest BCUT2D eigenvalue weighted by Gasteiger charge is -2.12. The normalized spacial score (nSPS) is 11.0. The van der Waals surface area contributed by atoms with E-state index >= 15 is 0 Å². The van der Waals surface area contributed by atoms with Crippen LogP contribution in [0.15, 0.2) is 48.5 Å². The molecule has 0 aromatic heterocycles. The van der Waals surface area contributed by atoms with E-state index in [4.69, 9.17) is 14.2 Å². The van der Waals surface area contributed by atoms with Gasteiger partial charge < -0.3 is 14.2 Å². The standard InChI is InChI=1S/C23H28O4/c1-5-18-6-10-20(11-7-18)27-23(24)13-9-19-8-12-21(22(16-19)25-4)26-15-14-17(2)3/h6-13,16-17H,5,14-15H2,1-4H3/b13-9+. The molecule has 0 saturated carbocycles. The predicted molar refractivity (Wildman–Crippen MR) is 108 cm³/mol. The van der Waals surface area contributed by atoms with Crippen molar-refractivity contribution in [2.45, 2.75) is 33.6 Å². The number of carbonyl (C=O) groups excluding carboxylic acids is 1. The van der Waals surface area contributed by atoms with Crippen molar-refractivity contribution in [2.24, 2.45) is 5.92 Å². The Morgan fingerprint density at radius 1 is 1.07 bits per heavy atom. The first-order valence-corrected chi connectivity index (χ1v) is 9.31. The summed E-state index contributed by atoms with van der Waals surface area (Å²) in [6, 6.07) is 13.1. The van der Waals surface area contributed by atoms with Crippen LogP contribution in [0, 0.1) is 5.92 Å². The molecule has 0 aliphatic carbocycles. The van der Waals surface area contributed by atoms with Crippen LogP contribution in [0.1, 0.15) is 38.3 Å². The quantitative estimate of drug-likeness (QED) is 0.342. The Bertz CT molecular complexity index is 760. The Kier molecular flexibility index (Phi) is 7.93. The number of carbonyl (C=O) groups is 1. The highest BCUT2D eigenvalue weighted by Crippen LogP contribution is 2.29. The maximum Gasteiger partial charge on any atom is 0.336 e. The zero-order valence-corrected chi connectivity index (χ0v) is 16.5. The Morgan fingerprint density at radius 3 is 2.44 bits per heavy atom. The van der Waals surface area contributed by atoms with E-state index in [0.717, 1.165) is 18.4 Å². The minimum atomic E-state index is -0.421. The molecular weight excluding hydrogens is 340 g/mol. The van der Waals surface area contributed by atoms with Crippen LogP contribution >= 0.6 is 0 Å². The van der Waals surface area contributed by atoms with E-state index in [-0.39, 0.29) is 0 Å². The van der Waals surface area contributed by atoms with Crippen LogP contribution in [0.25, 0.3) is 6.08 Å². The average molecular weight is 368 g/mol. The van der Waals surface area contributed by atoms with Gasteiger partial charge in [0.05, 0.1) is 13.7 Å². The highest BCUT2D eigenvalue weighted by Gasteiger charge is 2.06. The molecule has 0 N–H and O–H groups in total. The fourth-order valence-electron chi connectivity index (χ4n) is 2.42. The molecule has 0 aliphatic rings. The van der Waals surface area contributed by atoms with E-state index in [9.17, 15) is 4.79 Å². The van der Waals surface area contributed by atoms with Gasteiger partial charge in [-0.2, -0.15) is 0 Å². The van der Waals surface area contributed by atoms with E-state index in [2.05, 4.69) is 20.8 Å². The monoisotopic (exact) mass is 368 g/mol. The van der Waals surface area contributed by atoms with Gasteiger partial charge in [-0.05, 0) is 60.2 Å². The molecule has 0 spiro atoms. The summed E-state index contributed by atoms with van der Waals surface area (Å²) in [4.78, 5) is 12.0. The van der Waals surface area contributed by atoms with Crippen LogP contribution in [0.3, 0.4) is 0 Å². The first-order chi connectivity index (χ1) is 13.0. The third-order valence-corrected chi connectivity index (χ3v) is 4.10. The molecule has 0 atom stereocenters. The Labute approximate surface area is 161 Å². The van der Waals surface area contributed by atoms with Crippen LogP contribution in [0.2, 0.25) is 0 Å². The van der Waals surface area contributed by atoms with Crippen molar-refractivity contribution >= 4 is 12.0 Å². The second-order valence-electron chi connectivity index (χ2n) is 6.69. The van der Waals surface area contributed by atoms with Crippen LogP contribution < -0.4 is 14.2 Å². The smallest absolute Gasteiger partial charge is 0.336 e. The third kappa shape index (κ3) is 6.81. The number of rotatable bonds is 9. The molecule has 0 unspecified atom stereocenters. The molecule has 0 radical (unpaired) electrons. The number of esters is 1. The van der Waals surface area contributed by atoms with Crippen LogP contribution in [-0.4, -0.2) is 19.7 Å². The van der Waals surface area contributed by atoms with E-state index in [1.165, 1.54) is 11.6 Å². The van der Waals surface area contributed by atoms with Crippen molar-refractivity contribution in [3.8, 4) is 17.2 Å². The maximum atomic E-state index is 12.0. The highest BCUT2D eigenvalue weighted by molar-refractivity contribution is 5.88. The fraction of sp³-hybridized carbons (Fsp3) is 0.348. The van der Waals surface area contributed by atoms with Gasteiger partial charge in [0, 0.05) is 6.08 Å². The number of aryl methyl sites for hydroxylation is 1. The van der Waals surface area contributed by atoms with Gasteiger partial charge in [-0.3, -0.25) is 0 Å². The van der Waals surface area contributed by atoms with Gasteiger partial charge in [0.2, 0.25) is 0 Å². The summed E-state index contributed by atoms with van der Waals surface area (Å²) in [5.74, 6) is 2.05. The molecule has 0 aliphatic heterocycles. The molecule has 0 fully saturated rings. The molecule has 4 heteroatoms. The van der Waals surface area contributed by atoms with Gasteiger partial charge in [0.15, 0.2) is 11.5 Å². The van der Waals surface area contributed by atoms with Gasteiger partial charge >= 0.3 is 5.97 Å². The number of hydrogen-bond donors (Lipinski definition) is 0. The van der Waals surface area contributed by atoms with E-state index in [0.29, 0.717) is 29.8 Å². The number of hydrogen-bond acceptors (Lipinski definition) is 4. The minimum absolute atomic E-state index is 0.421. The molecule has 0 heterocycles. The lowest BCUT2D eigenvalue weighted by Crippen LogP contribution is -2.04. The lowest BCUT2D eigenvalue weighted by atomic mass is 10.1. The molecule has 144 valence electrons. The average Bonchev–Trinajstić information content (AvgIpc) is 2.67. The summed E-state index contributed by atoms with van der Waals surface area (Å²) in [5.41, 5.74) is 2.04. The molecule has 2 rings (SSSR count). The summed E-state index contributed by atoms with van der Waals surface area (Å²) < 4.78 is 16.5. The maximum absolute atomic E-state index is 12.0. The minimum Gasteiger partial charge on any atom is -0.493 e. The zero-order chi connectivity index (χ0) is 19.6. The molecular formula is C23H28O4. The van der Waals surface area contributed by atoms with E-state index < -0.39 is 5.97 Å². The summed E-state index contributed by atoms with van der Waals surface area (Å²) in [6.45, 7) is 7.04.